The molecule has 0 unspecified atom stereocenters. The highest BCUT2D eigenvalue weighted by molar-refractivity contribution is 5.77. The predicted molar refractivity (Wildman–Crippen MR) is 181 cm³/mol. The van der Waals surface area contributed by atoms with Crippen molar-refractivity contribution in [2.75, 3.05) is 61.0 Å². The number of anilines is 3. The Bertz CT molecular complexity index is 1580. The molecule has 47 heavy (non-hydrogen) atoms. The lowest BCUT2D eigenvalue weighted by molar-refractivity contribution is -0.151. The molecule has 248 valence electrons. The Labute approximate surface area is 276 Å². The average Bonchev–Trinajstić information content (AvgIpc) is 3.10. The summed E-state index contributed by atoms with van der Waals surface area (Å²) in [7, 11) is 0. The summed E-state index contributed by atoms with van der Waals surface area (Å²) in [6, 6.07) is 10.2. The van der Waals surface area contributed by atoms with Crippen molar-refractivity contribution in [2.24, 2.45) is 11.3 Å². The van der Waals surface area contributed by atoms with Crippen LogP contribution in [0.2, 0.25) is 0 Å². The molecule has 5 aliphatic rings. The Hall–Kier alpha value is -3.99. The molecule has 3 aliphatic heterocycles. The fourth-order valence-electron chi connectivity index (χ4n) is 8.93. The molecule has 0 radical (unpaired) electrons. The minimum atomic E-state index is 0.0178. The lowest BCUT2D eigenvalue weighted by Gasteiger charge is -2.55. The maximum Gasteiger partial charge on any atom is 0.308 e. The number of phenolic OH excluding ortho intramolecular Hbond substituents is 1. The van der Waals surface area contributed by atoms with Crippen LogP contribution in [0.4, 0.5) is 17.5 Å². The number of nitrogens with one attached hydrogen (secondary N) is 1. The summed E-state index contributed by atoms with van der Waals surface area (Å²) < 4.78 is 5.28. The maximum atomic E-state index is 12.2. The number of aromatic nitrogens is 4. The van der Waals surface area contributed by atoms with Gasteiger partial charge in [0, 0.05) is 50.2 Å². The fraction of sp³-hybridized carbons (Fsp3) is 0.583. The third kappa shape index (κ3) is 5.87. The van der Waals surface area contributed by atoms with Gasteiger partial charge in [0.25, 0.3) is 0 Å². The van der Waals surface area contributed by atoms with E-state index in [2.05, 4.69) is 42.6 Å². The summed E-state index contributed by atoms with van der Waals surface area (Å²) in [4.78, 5) is 29.3. The Morgan fingerprint density at radius 3 is 2.51 bits per heavy atom. The van der Waals surface area contributed by atoms with Crippen LogP contribution in [0, 0.1) is 11.3 Å². The van der Waals surface area contributed by atoms with E-state index >= 15 is 0 Å². The highest BCUT2D eigenvalue weighted by Crippen LogP contribution is 2.55. The van der Waals surface area contributed by atoms with Crippen LogP contribution in [-0.2, 0) is 9.53 Å². The molecular weight excluding hydrogens is 592 g/mol. The van der Waals surface area contributed by atoms with Crippen molar-refractivity contribution in [3.05, 3.63) is 48.3 Å². The topological polar surface area (TPSA) is 120 Å². The van der Waals surface area contributed by atoms with Gasteiger partial charge < -0.3 is 29.9 Å². The number of phenols is 1. The Kier molecular flexibility index (Phi) is 8.11. The number of fused-ring (bicyclic) bond motifs is 3. The Morgan fingerprint density at radius 2 is 1.77 bits per heavy atom. The third-order valence-electron chi connectivity index (χ3n) is 11.7. The molecule has 3 aromatic rings. The zero-order valence-electron chi connectivity index (χ0n) is 27.4. The van der Waals surface area contributed by atoms with E-state index in [1.54, 1.807) is 6.07 Å². The Morgan fingerprint density at radius 1 is 1.00 bits per heavy atom. The molecule has 2 aromatic heterocycles. The summed E-state index contributed by atoms with van der Waals surface area (Å²) >= 11 is 0. The monoisotopic (exact) mass is 638 g/mol. The van der Waals surface area contributed by atoms with Crippen LogP contribution >= 0.6 is 0 Å². The molecule has 11 heteroatoms. The van der Waals surface area contributed by atoms with Crippen molar-refractivity contribution in [1.29, 1.82) is 0 Å². The van der Waals surface area contributed by atoms with Crippen molar-refractivity contribution in [2.45, 2.75) is 76.3 Å². The molecule has 2 saturated heterocycles. The number of benzene rings is 1. The van der Waals surface area contributed by atoms with Gasteiger partial charge in [-0.15, -0.1) is 10.2 Å². The number of esters is 1. The largest absolute Gasteiger partial charge is 0.507 e. The molecule has 2 saturated carbocycles. The first kappa shape index (κ1) is 30.4. The van der Waals surface area contributed by atoms with E-state index in [0.29, 0.717) is 35.2 Å². The number of aromatic hydroxyl groups is 1. The van der Waals surface area contributed by atoms with E-state index in [0.717, 1.165) is 82.4 Å². The quantitative estimate of drug-likeness (QED) is 0.361. The second-order valence-electron chi connectivity index (χ2n) is 14.4. The molecule has 5 heterocycles. The zero-order chi connectivity index (χ0) is 32.0. The van der Waals surface area contributed by atoms with Gasteiger partial charge in [-0.2, -0.15) is 0 Å². The van der Waals surface area contributed by atoms with Crippen LogP contribution in [0.3, 0.4) is 0 Å². The van der Waals surface area contributed by atoms with Gasteiger partial charge in [-0.05, 0) is 106 Å². The van der Waals surface area contributed by atoms with Crippen LogP contribution in [0.25, 0.3) is 11.3 Å². The number of piperazine rings is 1. The molecule has 0 bridgehead atoms. The highest BCUT2D eigenvalue weighted by atomic mass is 16.5. The lowest BCUT2D eigenvalue weighted by atomic mass is 9.56. The van der Waals surface area contributed by atoms with Gasteiger partial charge in [0.05, 0.1) is 29.9 Å². The van der Waals surface area contributed by atoms with Crippen molar-refractivity contribution >= 4 is 23.4 Å². The predicted octanol–water partition coefficient (Wildman–Crippen LogP) is 4.84. The minimum Gasteiger partial charge on any atom is -0.507 e. The highest BCUT2D eigenvalue weighted by Gasteiger charge is 2.49. The normalized spacial score (nSPS) is 27.8. The molecule has 2 N–H and O–H groups in total. The van der Waals surface area contributed by atoms with Crippen molar-refractivity contribution in [1.82, 2.24) is 25.1 Å². The van der Waals surface area contributed by atoms with E-state index in [1.165, 1.54) is 31.2 Å². The van der Waals surface area contributed by atoms with Gasteiger partial charge in [0.1, 0.15) is 5.75 Å². The first-order chi connectivity index (χ1) is 23.0. The van der Waals surface area contributed by atoms with E-state index in [-0.39, 0.29) is 23.7 Å². The Balaban J connectivity index is 0.831. The second-order valence-corrected chi connectivity index (χ2v) is 14.4. The molecule has 4 fully saturated rings. The first-order valence-corrected chi connectivity index (χ1v) is 17.6. The van der Waals surface area contributed by atoms with Crippen LogP contribution < -0.4 is 15.1 Å². The molecule has 1 atom stereocenters. The summed E-state index contributed by atoms with van der Waals surface area (Å²) in [5, 5.41) is 22.6. The molecule has 2 aliphatic carbocycles. The summed E-state index contributed by atoms with van der Waals surface area (Å²) in [5.74, 6) is 2.45. The number of rotatable bonds is 6. The van der Waals surface area contributed by atoms with Crippen LogP contribution in [0.5, 0.6) is 5.75 Å². The van der Waals surface area contributed by atoms with E-state index in [9.17, 15) is 9.90 Å². The van der Waals surface area contributed by atoms with Gasteiger partial charge >= 0.3 is 5.97 Å². The number of piperidine rings is 1. The number of para-hydroxylation sites is 1. The van der Waals surface area contributed by atoms with E-state index < -0.39 is 0 Å². The molecule has 8 rings (SSSR count). The average molecular weight is 639 g/mol. The zero-order valence-corrected chi connectivity index (χ0v) is 27.4. The molecular formula is C36H46N8O3. The minimum absolute atomic E-state index is 0.0178. The standard InChI is InChI=1S/C36H46N8O3/c1-2-47-34(46)25-7-11-36(12-8-25)18-27(19-36)42-13-9-24(10-14-42)26-20-38-35(39-21-26)43-15-16-44-28(23-43)22-37-33-31(44)17-30(40-41-33)29-5-3-4-6-32(29)45/h3-6,17,20-21,24-25,27-28,45H,2,7-16,18-19,22-23H2,1H3,(H,37,41)/t25?,27?,28-,36?/m0/s1. The smallest absolute Gasteiger partial charge is 0.308 e. The second kappa shape index (κ2) is 12.6. The number of hydrogen-bond donors (Lipinski definition) is 2. The fourth-order valence-corrected chi connectivity index (χ4v) is 8.93. The SMILES string of the molecule is CCOC(=O)C1CCC2(CC1)CC(N1CCC(c3cnc(N4CCN5c6cc(-c7ccccc7O)nnc6NC[C@H]5C4)nc3)CC1)C2. The first-order valence-electron chi connectivity index (χ1n) is 17.6. The van der Waals surface area contributed by atoms with E-state index in [1.807, 2.05) is 31.2 Å². The number of nitrogens with zero attached hydrogens (tertiary/aromatic N) is 7. The van der Waals surface area contributed by atoms with Gasteiger partial charge in [0.2, 0.25) is 5.95 Å². The summed E-state index contributed by atoms with van der Waals surface area (Å²) in [6.07, 6.45) is 13.4. The third-order valence-corrected chi connectivity index (χ3v) is 11.7. The van der Waals surface area contributed by atoms with Crippen molar-refractivity contribution in [3.8, 4) is 17.0 Å². The van der Waals surface area contributed by atoms with Crippen LogP contribution in [-0.4, -0.2) is 94.1 Å². The van der Waals surface area contributed by atoms with Gasteiger partial charge in [0.15, 0.2) is 5.82 Å². The van der Waals surface area contributed by atoms with Gasteiger partial charge in [-0.3, -0.25) is 4.79 Å². The number of carbonyl (C=O) groups is 1. The van der Waals surface area contributed by atoms with Crippen molar-refractivity contribution < 1.29 is 14.6 Å². The summed E-state index contributed by atoms with van der Waals surface area (Å²) in [5.41, 5.74) is 4.11. The number of ether oxygens (including phenoxy) is 1. The lowest BCUT2D eigenvalue weighted by Crippen LogP contribution is -2.58. The van der Waals surface area contributed by atoms with Gasteiger partial charge in [-0.25, -0.2) is 9.97 Å². The van der Waals surface area contributed by atoms with E-state index in [4.69, 9.17) is 14.7 Å². The summed E-state index contributed by atoms with van der Waals surface area (Å²) in [6.45, 7) is 7.94. The van der Waals surface area contributed by atoms with Crippen molar-refractivity contribution in [3.63, 3.8) is 0 Å². The number of hydrogen-bond acceptors (Lipinski definition) is 11. The molecule has 0 amide bonds. The van der Waals surface area contributed by atoms with Gasteiger partial charge in [-0.1, -0.05) is 12.1 Å². The number of carbonyl (C=O) groups excluding carboxylic acids is 1. The van der Waals surface area contributed by atoms with Crippen LogP contribution in [0.1, 0.15) is 69.8 Å². The maximum absolute atomic E-state index is 12.2. The van der Waals surface area contributed by atoms with Crippen LogP contribution in [0.15, 0.2) is 42.7 Å². The number of likely N-dealkylation sites (tertiary alicyclic amines) is 1. The molecule has 11 nitrogen and oxygen atoms in total. The molecule has 1 spiro atoms. The molecule has 1 aromatic carbocycles.